The first-order valence-electron chi connectivity index (χ1n) is 8.48. The number of nitrogens with zero attached hydrogens (tertiary/aromatic N) is 1. The van der Waals surface area contributed by atoms with Crippen LogP contribution in [-0.4, -0.2) is 31.1 Å². The van der Waals surface area contributed by atoms with Crippen LogP contribution >= 0.6 is 0 Å². The van der Waals surface area contributed by atoms with E-state index in [-0.39, 0.29) is 145 Å². The Labute approximate surface area is 278 Å². The highest BCUT2D eigenvalue weighted by Gasteiger charge is 2.35. The number of aryl methyl sites for hydroxylation is 1. The summed E-state index contributed by atoms with van der Waals surface area (Å²) in [6.07, 6.45) is 0. The molecule has 0 aliphatic heterocycles. The Morgan fingerprint density at radius 3 is 2.43 bits per heavy atom. The fourth-order valence-corrected chi connectivity index (χ4v) is 3.37. The van der Waals surface area contributed by atoms with Gasteiger partial charge in [0.15, 0.2) is 0 Å². The van der Waals surface area contributed by atoms with Gasteiger partial charge in [-0.15, -0.1) is 0 Å². The fraction of sp³-hybridized carbons (Fsp3) is 0.684. The molecule has 1 N–H and O–H groups in total. The first-order chi connectivity index (χ1) is 10.1. The Bertz CT molecular complexity index is 555. The standard InChI is InChI=1S/C19H33NO.98H2/c1-9-20(8)15(4)14(3)18(19(5,6)7)16-11-10-13(2)17(21)12-16;;;;;;;;;;;;;;;;;;;;;;;;;;;;;;;;;;;;;;;;;;;;;;;;;;;;;;;;;;;;;;;;;;;;;;;;;;;;;;;;;;;;;;;;;;;;;;;;;;/h10-12,14-15,18,21H,9H2,1-8H3;98*1H/t14-,15?,18+;;;;;;;;;;;;;;;;;;;;;;;;;;;;;;;;;;;;;;;;;;;;;;;;;;;;;;;;;;;;;;;;;;;;;;;;;;;;;;;;;;;;;;;;;;;;;;;;;;/m0................................................................................................../s1/i/hD. The highest BCUT2D eigenvalue weighted by molar-refractivity contribution is 5.37. The lowest BCUT2D eigenvalue weighted by molar-refractivity contribution is 0.139. The second kappa shape index (κ2) is 6.83. The average molecular weight is 490 g/mol. The summed E-state index contributed by atoms with van der Waals surface area (Å²) in [6, 6.07) is 6.81. The lowest BCUT2D eigenvalue weighted by Gasteiger charge is -2.41. The maximum Gasteiger partial charge on any atom is 0.293 e. The van der Waals surface area contributed by atoms with E-state index in [1.807, 2.05) is 13.0 Å². The number of aromatic hydroxyl groups is 1. The van der Waals surface area contributed by atoms with Crippen molar-refractivity contribution in [1.82, 2.24) is 4.90 Å². The van der Waals surface area contributed by atoms with Gasteiger partial charge in [-0.3, -0.25) is 0 Å². The molecule has 21 heavy (non-hydrogen) atoms. The van der Waals surface area contributed by atoms with E-state index in [9.17, 15) is 0 Å². The van der Waals surface area contributed by atoms with Crippen molar-refractivity contribution in [1.29, 1.82) is 1.43 Å². The zero-order valence-electron chi connectivity index (χ0n) is 16.0. The van der Waals surface area contributed by atoms with Crippen LogP contribution in [0.25, 0.3) is 0 Å². The van der Waals surface area contributed by atoms with Crippen molar-refractivity contribution in [3.8, 4) is 5.75 Å². The molecule has 0 aromatic heterocycles. The van der Waals surface area contributed by atoms with E-state index in [1.165, 1.54) is 5.56 Å². The first-order valence-corrected chi connectivity index (χ1v) is 8.07. The van der Waals surface area contributed by atoms with Gasteiger partial charge in [-0.25, -0.2) is 0 Å². The number of benzene rings is 1. The predicted molar refractivity (Wildman–Crippen MR) is 299 cm³/mol. The van der Waals surface area contributed by atoms with Gasteiger partial charge in [0.1, 0.15) is 5.75 Å². The molecule has 0 aliphatic rings. The first kappa shape index (κ1) is 16.4. The number of hydrogen-bond acceptors (Lipinski definition) is 2. The minimum absolute atomic E-state index is 0. The topological polar surface area (TPSA) is 23.5 Å². The smallest absolute Gasteiger partial charge is 0.293 e. The second-order valence-corrected chi connectivity index (χ2v) is 7.54. The second-order valence-electron chi connectivity index (χ2n) is 7.54. The molecule has 3 atom stereocenters. The monoisotopic (exact) mass is 490 g/mol. The van der Waals surface area contributed by atoms with Crippen LogP contribution in [0.3, 0.4) is 0 Å². The Kier molecular flexibility index (Phi) is 5.32. The van der Waals surface area contributed by atoms with E-state index < -0.39 is 0 Å². The lowest BCUT2D eigenvalue weighted by atomic mass is 9.68. The van der Waals surface area contributed by atoms with Crippen LogP contribution in [0.15, 0.2) is 18.2 Å². The minimum atomic E-state index is 0. The third kappa shape index (κ3) is 4.23. The summed E-state index contributed by atoms with van der Waals surface area (Å²) >= 11 is 0. The Morgan fingerprint density at radius 1 is 1.33 bits per heavy atom. The zero-order chi connectivity index (χ0) is 17.1. The van der Waals surface area contributed by atoms with E-state index >= 15 is 0 Å². The van der Waals surface area contributed by atoms with Gasteiger partial charge in [-0.1, -0.05) is 46.8 Å². The summed E-state index contributed by atoms with van der Waals surface area (Å²) in [5.74, 6) is 1.58. The van der Waals surface area contributed by atoms with Gasteiger partial charge in [0, 0.05) is 146 Å². The molecular formula is C19H229NO. The maximum atomic E-state index is 7.26. The van der Waals surface area contributed by atoms with Crippen molar-refractivity contribution in [2.45, 2.75) is 60.4 Å². The summed E-state index contributed by atoms with van der Waals surface area (Å²) in [5.41, 5.74) is 2.43. The molecule has 0 heterocycles. The number of rotatable bonds is 6. The third-order valence-corrected chi connectivity index (χ3v) is 4.99. The van der Waals surface area contributed by atoms with Crippen LogP contribution in [0.2, 0.25) is 0 Å². The fourth-order valence-electron chi connectivity index (χ4n) is 3.37. The minimum Gasteiger partial charge on any atom is -0.508 e. The SMILES string of the molecule is [2H]Oc1cc([C@@H]([C@@H](C)C(C)N(C)CC)C(C)(C)C)ccc1C.[HH].[HH].[HH].[HH].[HH].[HH].[HH].[HH].[HH].[HH].[HH].[HH].[HH].[HH].[HH].[HH].[HH].[HH].[HH].[HH].[HH].[HH].[HH].[HH].[HH].[HH].[HH].[HH].[HH].[HH].[HH].[HH].[HH].[HH].[HH].[HH].[HH].[HH].[HH].[HH].[HH].[HH].[HH].[HH].[HH].[HH].[HH].[HH].[HH].[HH].[HH].[HH].[HH].[HH].[HH].[HH].[HH].[HH].[HH].[HH].[HH].[HH].[HH].[HH].[HH].[HH].[HH].[HH].[HH].[HH].[HH].[HH].[HH].[HH].[HH].[HH].[HH].[HH].[HH].[HH].[HH].[HH].[HH].[HH].[HH].[HH].[HH].[HH].[HH].[HH].[HH].[HH].[HH].[HH].[HH].[HH].[HH].[HH]. The van der Waals surface area contributed by atoms with Gasteiger partial charge < -0.3 is 10.0 Å². The molecule has 0 saturated heterocycles. The molecule has 316 valence electrons. The normalized spacial score (nSPS) is 17.3. The van der Waals surface area contributed by atoms with Crippen molar-refractivity contribution >= 4 is 0 Å². The van der Waals surface area contributed by atoms with Crippen LogP contribution in [-0.2, 0) is 0 Å². The number of hydrogen-bond donors (Lipinski definition) is 1. The summed E-state index contributed by atoms with van der Waals surface area (Å²) in [7, 11) is 2.19. The summed E-state index contributed by atoms with van der Waals surface area (Å²) < 4.78 is 7.26. The third-order valence-electron chi connectivity index (χ3n) is 4.99. The quantitative estimate of drug-likeness (QED) is 0.429. The predicted octanol–water partition coefficient (Wildman–Crippen LogP) is 28.9. The van der Waals surface area contributed by atoms with E-state index in [4.69, 9.17) is 6.54 Å². The molecule has 1 unspecified atom stereocenters. The summed E-state index contributed by atoms with van der Waals surface area (Å²) in [6.45, 7) is 16.8. The molecule has 1 aromatic carbocycles. The van der Waals surface area contributed by atoms with Crippen molar-refractivity contribution < 1.29 is 145 Å². The Balaban J connectivity index is -0.000000000514. The molecule has 1 aromatic rings. The zero-order valence-corrected chi connectivity index (χ0v) is 15.0. The van der Waals surface area contributed by atoms with E-state index in [0.717, 1.165) is 12.1 Å². The van der Waals surface area contributed by atoms with Gasteiger partial charge >= 0.3 is 0 Å². The highest BCUT2D eigenvalue weighted by atomic mass is 16.3. The van der Waals surface area contributed by atoms with Crippen LogP contribution in [0.4, 0.5) is 0 Å². The van der Waals surface area contributed by atoms with E-state index in [2.05, 4.69) is 65.6 Å². The van der Waals surface area contributed by atoms with Gasteiger partial charge in [-0.05, 0) is 61.9 Å². The molecule has 0 saturated carbocycles. The Morgan fingerprint density at radius 2 is 1.95 bits per heavy atom. The van der Waals surface area contributed by atoms with Gasteiger partial charge in [0.05, 0.1) is 0 Å². The molecule has 2 heteroatoms. The molecule has 0 amide bonds. The lowest BCUT2D eigenvalue weighted by Crippen LogP contribution is -2.40. The summed E-state index contributed by atoms with van der Waals surface area (Å²) in [5, 5.41) is 4.80. The molecule has 0 aliphatic carbocycles. The van der Waals surface area contributed by atoms with Crippen LogP contribution in [0, 0.1) is 18.3 Å². The van der Waals surface area contributed by atoms with Crippen molar-refractivity contribution in [3.63, 3.8) is 0 Å². The van der Waals surface area contributed by atoms with Crippen molar-refractivity contribution in [2.75, 3.05) is 13.6 Å². The molecule has 1 rings (SSSR count). The molecule has 0 fully saturated rings. The van der Waals surface area contributed by atoms with Gasteiger partial charge in [0.25, 0.3) is 1.43 Å². The maximum absolute atomic E-state index is 7.26. The largest absolute Gasteiger partial charge is 0.508 e. The molecule has 0 radical (unpaired) electrons. The molecular weight excluding hydrogens is 258 g/mol. The van der Waals surface area contributed by atoms with E-state index in [0.29, 0.717) is 23.6 Å². The van der Waals surface area contributed by atoms with Gasteiger partial charge in [0.2, 0.25) is 0 Å². The van der Waals surface area contributed by atoms with Crippen LogP contribution < -0.4 is 0 Å². The van der Waals surface area contributed by atoms with Crippen LogP contribution in [0.1, 0.15) is 198 Å². The van der Waals surface area contributed by atoms with Crippen molar-refractivity contribution in [2.24, 2.45) is 11.3 Å². The highest BCUT2D eigenvalue weighted by Crippen LogP contribution is 2.43. The number of phenols is 1. The Hall–Kier alpha value is -1.02. The number of phenolic OH excluding ortho intramolecular Hbond substituents is 1. The van der Waals surface area contributed by atoms with Crippen molar-refractivity contribution in [3.05, 3.63) is 29.3 Å². The molecule has 2 nitrogen and oxygen atoms in total. The summed E-state index contributed by atoms with van der Waals surface area (Å²) in [4.78, 5) is 2.40. The molecule has 0 spiro atoms. The van der Waals surface area contributed by atoms with Gasteiger partial charge in [-0.2, -0.15) is 0 Å². The molecule has 0 bridgehead atoms. The van der Waals surface area contributed by atoms with E-state index in [1.54, 1.807) is 0 Å². The van der Waals surface area contributed by atoms with Crippen LogP contribution in [0.5, 0.6) is 5.75 Å². The average Bonchev–Trinajstić information content (AvgIpc) is 2.45.